The number of amides is 1. The highest BCUT2D eigenvalue weighted by Crippen LogP contribution is 2.35. The topological polar surface area (TPSA) is 105 Å². The van der Waals surface area contributed by atoms with Crippen LogP contribution in [0.3, 0.4) is 0 Å². The Morgan fingerprint density at radius 2 is 1.96 bits per heavy atom. The summed E-state index contributed by atoms with van der Waals surface area (Å²) in [5.74, 6) is 0.357. The minimum atomic E-state index is -3.67. The second-order valence-electron chi connectivity index (χ2n) is 7.20. The van der Waals surface area contributed by atoms with Crippen molar-refractivity contribution in [2.45, 2.75) is 56.5 Å². The van der Waals surface area contributed by atoms with Crippen LogP contribution in [0.1, 0.15) is 57.8 Å². The standard InChI is InChI=1S/C18H24N4O4S/c1-13(23)20-18(2,3)17-19-16(26-21-17)15-11-7-8-12-22(15)27(24,25)14-9-5-4-6-10-14/h4-6,9-10,15H,7-8,11-12H2,1-3H3,(H,20,23). The molecule has 1 saturated heterocycles. The summed E-state index contributed by atoms with van der Waals surface area (Å²) in [6.45, 7) is 5.34. The first-order valence-electron chi connectivity index (χ1n) is 8.91. The molecule has 1 amide bonds. The third kappa shape index (κ3) is 4.03. The Hall–Kier alpha value is -2.26. The maximum absolute atomic E-state index is 13.1. The van der Waals surface area contributed by atoms with Gasteiger partial charge in [-0.05, 0) is 38.8 Å². The van der Waals surface area contributed by atoms with E-state index in [1.54, 1.807) is 44.2 Å². The van der Waals surface area contributed by atoms with Crippen LogP contribution in [0.15, 0.2) is 39.8 Å². The second kappa shape index (κ2) is 7.40. The third-order valence-electron chi connectivity index (χ3n) is 4.58. The number of hydrogen-bond donors (Lipinski definition) is 1. The zero-order chi connectivity index (χ0) is 19.7. The van der Waals surface area contributed by atoms with Gasteiger partial charge in [0.05, 0.1) is 10.4 Å². The Bertz CT molecular complexity index is 908. The van der Waals surface area contributed by atoms with Gasteiger partial charge < -0.3 is 9.84 Å². The third-order valence-corrected chi connectivity index (χ3v) is 6.50. The fourth-order valence-electron chi connectivity index (χ4n) is 3.29. The SMILES string of the molecule is CC(=O)NC(C)(C)c1noc(C2CCCCN2S(=O)(=O)c2ccccc2)n1. The minimum absolute atomic E-state index is 0.211. The van der Waals surface area contributed by atoms with Crippen LogP contribution in [0.4, 0.5) is 0 Å². The van der Waals surface area contributed by atoms with E-state index in [4.69, 9.17) is 4.52 Å². The largest absolute Gasteiger partial charge is 0.344 e. The highest BCUT2D eigenvalue weighted by atomic mass is 32.2. The lowest BCUT2D eigenvalue weighted by molar-refractivity contribution is -0.120. The van der Waals surface area contributed by atoms with Gasteiger partial charge in [0.15, 0.2) is 5.82 Å². The summed E-state index contributed by atoms with van der Waals surface area (Å²) in [6, 6.07) is 7.83. The van der Waals surface area contributed by atoms with Crippen LogP contribution >= 0.6 is 0 Å². The van der Waals surface area contributed by atoms with Gasteiger partial charge in [0, 0.05) is 13.5 Å². The lowest BCUT2D eigenvalue weighted by Crippen LogP contribution is -2.41. The van der Waals surface area contributed by atoms with E-state index in [1.165, 1.54) is 11.2 Å². The van der Waals surface area contributed by atoms with Crippen molar-refractivity contribution >= 4 is 15.9 Å². The van der Waals surface area contributed by atoms with Gasteiger partial charge >= 0.3 is 0 Å². The molecule has 1 aliphatic heterocycles. The molecule has 1 aromatic carbocycles. The molecule has 146 valence electrons. The molecule has 1 fully saturated rings. The average Bonchev–Trinajstić information content (AvgIpc) is 3.12. The van der Waals surface area contributed by atoms with E-state index >= 15 is 0 Å². The molecule has 1 atom stereocenters. The van der Waals surface area contributed by atoms with Crippen molar-refractivity contribution in [3.8, 4) is 0 Å². The molecule has 0 saturated carbocycles. The van der Waals surface area contributed by atoms with Gasteiger partial charge in [-0.15, -0.1) is 0 Å². The highest BCUT2D eigenvalue weighted by Gasteiger charge is 2.38. The molecule has 0 radical (unpaired) electrons. The van der Waals surface area contributed by atoms with Gasteiger partial charge in [-0.3, -0.25) is 4.79 Å². The van der Waals surface area contributed by atoms with Gasteiger partial charge in [0.25, 0.3) is 0 Å². The van der Waals surface area contributed by atoms with Gasteiger partial charge in [0.1, 0.15) is 6.04 Å². The molecule has 8 nitrogen and oxygen atoms in total. The number of carbonyl (C=O) groups excluding carboxylic acids is 1. The smallest absolute Gasteiger partial charge is 0.245 e. The molecule has 1 N–H and O–H groups in total. The fraction of sp³-hybridized carbons (Fsp3) is 0.500. The molecule has 0 spiro atoms. The fourth-order valence-corrected chi connectivity index (χ4v) is 4.96. The maximum atomic E-state index is 13.1. The normalized spacial score (nSPS) is 19.0. The first-order valence-corrected chi connectivity index (χ1v) is 10.4. The quantitative estimate of drug-likeness (QED) is 0.837. The Kier molecular flexibility index (Phi) is 5.34. The van der Waals surface area contributed by atoms with E-state index in [2.05, 4.69) is 15.5 Å². The van der Waals surface area contributed by atoms with Crippen LogP contribution in [0.25, 0.3) is 0 Å². The summed E-state index contributed by atoms with van der Waals surface area (Å²) in [4.78, 5) is 16.1. The number of rotatable bonds is 5. The number of nitrogens with zero attached hydrogens (tertiary/aromatic N) is 3. The molecule has 2 heterocycles. The molecule has 9 heteroatoms. The molecule has 0 bridgehead atoms. The van der Waals surface area contributed by atoms with Crippen LogP contribution in [0, 0.1) is 0 Å². The van der Waals surface area contributed by atoms with Crippen molar-refractivity contribution in [2.75, 3.05) is 6.54 Å². The van der Waals surface area contributed by atoms with Gasteiger partial charge in [0.2, 0.25) is 21.8 Å². The van der Waals surface area contributed by atoms with Crippen molar-refractivity contribution in [2.24, 2.45) is 0 Å². The minimum Gasteiger partial charge on any atom is -0.344 e. The van der Waals surface area contributed by atoms with E-state index in [9.17, 15) is 13.2 Å². The predicted octanol–water partition coefficient (Wildman–Crippen LogP) is 2.36. The van der Waals surface area contributed by atoms with Crippen molar-refractivity contribution in [1.82, 2.24) is 19.8 Å². The first kappa shape index (κ1) is 19.5. The number of hydrogen-bond acceptors (Lipinski definition) is 6. The summed E-state index contributed by atoms with van der Waals surface area (Å²) in [5.41, 5.74) is -0.814. The number of aromatic nitrogens is 2. The maximum Gasteiger partial charge on any atom is 0.245 e. The highest BCUT2D eigenvalue weighted by molar-refractivity contribution is 7.89. The monoisotopic (exact) mass is 392 g/mol. The molecular weight excluding hydrogens is 368 g/mol. The summed E-state index contributed by atoms with van der Waals surface area (Å²) in [6.07, 6.45) is 2.26. The molecular formula is C18H24N4O4S. The number of nitrogens with one attached hydrogen (secondary N) is 1. The lowest BCUT2D eigenvalue weighted by atomic mass is 10.0. The molecule has 27 heavy (non-hydrogen) atoms. The molecule has 1 aromatic heterocycles. The van der Waals surface area contributed by atoms with E-state index in [0.29, 0.717) is 18.8 Å². The summed E-state index contributed by atoms with van der Waals surface area (Å²) < 4.78 is 33.1. The molecule has 3 rings (SSSR count). The van der Waals surface area contributed by atoms with Crippen molar-refractivity contribution < 1.29 is 17.7 Å². The zero-order valence-electron chi connectivity index (χ0n) is 15.7. The van der Waals surface area contributed by atoms with Crippen molar-refractivity contribution in [3.05, 3.63) is 42.0 Å². The molecule has 1 unspecified atom stereocenters. The van der Waals surface area contributed by atoms with Crippen molar-refractivity contribution in [3.63, 3.8) is 0 Å². The number of sulfonamides is 1. The van der Waals surface area contributed by atoms with Crippen LogP contribution in [0.5, 0.6) is 0 Å². The van der Waals surface area contributed by atoms with E-state index in [-0.39, 0.29) is 16.7 Å². The Balaban J connectivity index is 1.92. The van der Waals surface area contributed by atoms with Gasteiger partial charge in [-0.1, -0.05) is 29.8 Å². The van der Waals surface area contributed by atoms with Gasteiger partial charge in [-0.25, -0.2) is 8.42 Å². The number of benzene rings is 1. The second-order valence-corrected chi connectivity index (χ2v) is 9.09. The van der Waals surface area contributed by atoms with E-state index in [0.717, 1.165) is 12.8 Å². The van der Waals surface area contributed by atoms with Crippen LogP contribution in [-0.2, 0) is 20.4 Å². The van der Waals surface area contributed by atoms with Crippen molar-refractivity contribution in [1.29, 1.82) is 0 Å². The molecule has 2 aromatic rings. The van der Waals surface area contributed by atoms with E-state index < -0.39 is 21.6 Å². The first-order chi connectivity index (χ1) is 12.7. The van der Waals surface area contributed by atoms with E-state index in [1.807, 2.05) is 0 Å². The number of piperidine rings is 1. The molecule has 0 aliphatic carbocycles. The zero-order valence-corrected chi connectivity index (χ0v) is 16.5. The molecule has 1 aliphatic rings. The Morgan fingerprint density at radius 1 is 1.26 bits per heavy atom. The van der Waals surface area contributed by atoms with Crippen LogP contribution in [0.2, 0.25) is 0 Å². The lowest BCUT2D eigenvalue weighted by Gasteiger charge is -2.32. The average molecular weight is 392 g/mol. The summed E-state index contributed by atoms with van der Waals surface area (Å²) in [7, 11) is -3.67. The van der Waals surface area contributed by atoms with Gasteiger partial charge in [-0.2, -0.15) is 9.29 Å². The number of carbonyl (C=O) groups is 1. The predicted molar refractivity (Wildman–Crippen MR) is 98.1 cm³/mol. The van der Waals surface area contributed by atoms with Crippen LogP contribution < -0.4 is 5.32 Å². The Morgan fingerprint density at radius 3 is 2.63 bits per heavy atom. The van der Waals surface area contributed by atoms with Crippen LogP contribution in [-0.4, -0.2) is 35.3 Å². The Labute approximate surface area is 159 Å². The summed E-state index contributed by atoms with van der Waals surface area (Å²) >= 11 is 0. The summed E-state index contributed by atoms with van der Waals surface area (Å²) in [5, 5.41) is 6.75.